The molecule has 3 aromatic carbocycles. The number of aromatic nitrogens is 1. The van der Waals surface area contributed by atoms with Gasteiger partial charge in [0.2, 0.25) is 5.89 Å². The monoisotopic (exact) mass is 567 g/mol. The lowest BCUT2D eigenvalue weighted by Gasteiger charge is -2.10. The smallest absolute Gasteiger partial charge is 0.258 e. The first-order chi connectivity index (χ1) is 14.4. The number of thiocarbonyl (C=S) groups is 1. The number of hydrogen-bond donors (Lipinski definition) is 2. The van der Waals surface area contributed by atoms with Crippen molar-refractivity contribution in [2.75, 3.05) is 5.32 Å². The number of hydrogen-bond acceptors (Lipinski definition) is 4. The minimum absolute atomic E-state index is 0.131. The Balaban J connectivity index is 1.49. The fourth-order valence-corrected chi connectivity index (χ4v) is 4.00. The van der Waals surface area contributed by atoms with Gasteiger partial charge in [-0.2, -0.15) is 0 Å². The van der Waals surface area contributed by atoms with Gasteiger partial charge in [0, 0.05) is 19.8 Å². The van der Waals surface area contributed by atoms with Crippen molar-refractivity contribution in [3.63, 3.8) is 0 Å². The van der Waals surface area contributed by atoms with Gasteiger partial charge in [-0.25, -0.2) is 4.98 Å². The molecule has 0 aliphatic rings. The van der Waals surface area contributed by atoms with E-state index in [1.54, 1.807) is 24.3 Å². The maximum absolute atomic E-state index is 12.4. The summed E-state index contributed by atoms with van der Waals surface area (Å²) in [4.78, 5) is 16.9. The van der Waals surface area contributed by atoms with Gasteiger partial charge in [0.1, 0.15) is 5.52 Å². The van der Waals surface area contributed by atoms with Crippen molar-refractivity contribution in [3.05, 3.63) is 79.8 Å². The first kappa shape index (κ1) is 21.0. The Kier molecular flexibility index (Phi) is 6.24. The molecular weight excluding hydrogens is 556 g/mol. The van der Waals surface area contributed by atoms with Gasteiger partial charge in [0.25, 0.3) is 5.91 Å². The largest absolute Gasteiger partial charge is 0.436 e. The summed E-state index contributed by atoms with van der Waals surface area (Å²) in [6.07, 6.45) is 0. The molecule has 9 heteroatoms. The van der Waals surface area contributed by atoms with Gasteiger partial charge in [-0.05, 0) is 89.4 Å². The average molecular weight is 568 g/mol. The molecule has 0 saturated heterocycles. The number of amides is 1. The van der Waals surface area contributed by atoms with Gasteiger partial charge in [-0.15, -0.1) is 0 Å². The summed E-state index contributed by atoms with van der Waals surface area (Å²) < 4.78 is 6.94. The number of halogens is 3. The first-order valence-electron chi connectivity index (χ1n) is 8.63. The third-order valence-electron chi connectivity index (χ3n) is 4.12. The van der Waals surface area contributed by atoms with E-state index < -0.39 is 5.91 Å². The second-order valence-corrected chi connectivity index (χ2v) is 8.74. The molecule has 1 amide bonds. The number of fused-ring (bicyclic) bond motifs is 1. The number of benzene rings is 3. The van der Waals surface area contributed by atoms with Gasteiger partial charge < -0.3 is 9.73 Å². The summed E-state index contributed by atoms with van der Waals surface area (Å²) in [6.45, 7) is 0. The number of oxazole rings is 1. The molecule has 2 N–H and O–H groups in total. The highest BCUT2D eigenvalue weighted by molar-refractivity contribution is 14.1. The van der Waals surface area contributed by atoms with Gasteiger partial charge in [-0.3, -0.25) is 10.1 Å². The topological polar surface area (TPSA) is 67.2 Å². The quantitative estimate of drug-likeness (QED) is 0.217. The average Bonchev–Trinajstić information content (AvgIpc) is 3.11. The van der Waals surface area contributed by atoms with Crippen LogP contribution in [0.5, 0.6) is 0 Å². The van der Waals surface area contributed by atoms with Crippen LogP contribution in [0.1, 0.15) is 10.4 Å². The second-order valence-electron chi connectivity index (χ2n) is 6.24. The zero-order valence-electron chi connectivity index (χ0n) is 15.1. The Bertz CT molecular complexity index is 1290. The van der Waals surface area contributed by atoms with E-state index in [0.29, 0.717) is 27.7 Å². The highest BCUT2D eigenvalue weighted by Crippen LogP contribution is 2.27. The van der Waals surface area contributed by atoms with Gasteiger partial charge in [-0.1, -0.05) is 29.3 Å². The van der Waals surface area contributed by atoms with Crippen LogP contribution in [0.4, 0.5) is 5.69 Å². The molecule has 0 unspecified atom stereocenters. The molecule has 0 fully saturated rings. The summed E-state index contributed by atoms with van der Waals surface area (Å²) in [5.41, 5.74) is 3.16. The van der Waals surface area contributed by atoms with Crippen molar-refractivity contribution >= 4 is 85.8 Å². The molecule has 1 heterocycles. The molecule has 4 aromatic rings. The Hall–Kier alpha value is -2.20. The Morgan fingerprint density at radius 2 is 1.90 bits per heavy atom. The number of rotatable bonds is 3. The molecule has 0 bridgehead atoms. The van der Waals surface area contributed by atoms with Crippen molar-refractivity contribution < 1.29 is 9.21 Å². The fourth-order valence-electron chi connectivity index (χ4n) is 2.76. The van der Waals surface area contributed by atoms with Crippen molar-refractivity contribution in [3.8, 4) is 11.5 Å². The van der Waals surface area contributed by atoms with E-state index in [-0.39, 0.29) is 15.7 Å². The summed E-state index contributed by atoms with van der Waals surface area (Å²) >= 11 is 19.4. The highest BCUT2D eigenvalue weighted by Gasteiger charge is 2.13. The van der Waals surface area contributed by atoms with Crippen molar-refractivity contribution in [2.45, 2.75) is 0 Å². The third-order valence-corrected chi connectivity index (χ3v) is 5.54. The molecule has 0 radical (unpaired) electrons. The fraction of sp³-hybridized carbons (Fsp3) is 0. The van der Waals surface area contributed by atoms with Crippen molar-refractivity contribution in [2.24, 2.45) is 0 Å². The van der Waals surface area contributed by atoms with E-state index in [9.17, 15) is 4.79 Å². The van der Waals surface area contributed by atoms with Crippen LogP contribution in [-0.2, 0) is 0 Å². The van der Waals surface area contributed by atoms with Crippen molar-refractivity contribution in [1.29, 1.82) is 0 Å². The maximum atomic E-state index is 12.4. The Labute approximate surface area is 200 Å². The lowest BCUT2D eigenvalue weighted by atomic mass is 10.2. The van der Waals surface area contributed by atoms with Gasteiger partial charge >= 0.3 is 0 Å². The third kappa shape index (κ3) is 4.75. The summed E-state index contributed by atoms with van der Waals surface area (Å²) in [5.74, 6) is 0.103. The molecule has 0 aliphatic heterocycles. The minimum atomic E-state index is -0.433. The molecule has 5 nitrogen and oxygen atoms in total. The Morgan fingerprint density at radius 3 is 2.67 bits per heavy atom. The van der Waals surface area contributed by atoms with E-state index in [0.717, 1.165) is 9.13 Å². The Morgan fingerprint density at radius 1 is 1.07 bits per heavy atom. The number of carbonyl (C=O) groups is 1. The van der Waals surface area contributed by atoms with E-state index >= 15 is 0 Å². The molecule has 0 saturated carbocycles. The molecule has 0 aliphatic carbocycles. The SMILES string of the molecule is O=C(NC(=S)Nc1ccc2oc(-c3cccc(I)c3)nc2c1)c1ccc(Cl)cc1Cl. The maximum Gasteiger partial charge on any atom is 0.258 e. The van der Waals surface area contributed by atoms with Crippen LogP contribution < -0.4 is 10.6 Å². The van der Waals surface area contributed by atoms with Crippen LogP contribution in [0.15, 0.2) is 65.1 Å². The van der Waals surface area contributed by atoms with E-state index in [1.165, 1.54) is 12.1 Å². The normalized spacial score (nSPS) is 10.8. The van der Waals surface area contributed by atoms with Crippen LogP contribution in [0.25, 0.3) is 22.6 Å². The van der Waals surface area contributed by atoms with Crippen LogP contribution in [0.2, 0.25) is 10.0 Å². The molecule has 4 rings (SSSR count). The van der Waals surface area contributed by atoms with Gasteiger partial charge in [0.05, 0.1) is 10.6 Å². The predicted molar refractivity (Wildman–Crippen MR) is 132 cm³/mol. The molecule has 30 heavy (non-hydrogen) atoms. The van der Waals surface area contributed by atoms with Crippen molar-refractivity contribution in [1.82, 2.24) is 10.3 Å². The molecule has 150 valence electrons. The van der Waals surface area contributed by atoms with Crippen LogP contribution in [0.3, 0.4) is 0 Å². The number of carbonyl (C=O) groups excluding carboxylic acids is 1. The number of anilines is 1. The zero-order chi connectivity index (χ0) is 21.3. The number of nitrogens with zero attached hydrogens (tertiary/aromatic N) is 1. The van der Waals surface area contributed by atoms with E-state index in [4.69, 9.17) is 39.8 Å². The molecular formula is C21H12Cl2IN3O2S. The summed E-state index contributed by atoms with van der Waals surface area (Å²) in [6, 6.07) is 17.9. The standard InChI is InChI=1S/C21H12Cl2IN3O2S/c22-12-4-6-15(16(23)9-12)19(28)27-21(30)25-14-5-7-18-17(10-14)26-20(29-18)11-2-1-3-13(24)8-11/h1-10H,(H2,25,27,28,30). The molecule has 0 spiro atoms. The molecule has 1 aromatic heterocycles. The number of nitrogens with one attached hydrogen (secondary N) is 2. The lowest BCUT2D eigenvalue weighted by molar-refractivity contribution is 0.0978. The highest BCUT2D eigenvalue weighted by atomic mass is 127. The predicted octanol–water partition coefficient (Wildman–Crippen LogP) is 6.53. The minimum Gasteiger partial charge on any atom is -0.436 e. The van der Waals surface area contributed by atoms with Gasteiger partial charge in [0.15, 0.2) is 10.7 Å². The molecule has 0 atom stereocenters. The van der Waals surface area contributed by atoms with E-state index in [2.05, 4.69) is 38.2 Å². The van der Waals surface area contributed by atoms with Crippen LogP contribution in [0, 0.1) is 3.57 Å². The first-order valence-corrected chi connectivity index (χ1v) is 10.9. The van der Waals surface area contributed by atoms with Crippen LogP contribution >= 0.6 is 58.0 Å². The summed E-state index contributed by atoms with van der Waals surface area (Å²) in [7, 11) is 0. The zero-order valence-corrected chi connectivity index (χ0v) is 19.6. The van der Waals surface area contributed by atoms with Crippen LogP contribution in [-0.4, -0.2) is 16.0 Å². The lowest BCUT2D eigenvalue weighted by Crippen LogP contribution is -2.34. The second kappa shape index (κ2) is 8.89. The summed E-state index contributed by atoms with van der Waals surface area (Å²) in [5, 5.41) is 6.39. The van der Waals surface area contributed by atoms with E-state index in [1.807, 2.05) is 24.3 Å².